The van der Waals surface area contributed by atoms with E-state index in [0.29, 0.717) is 5.71 Å². The number of nitrogens with zero attached hydrogens (tertiary/aromatic N) is 1. The van der Waals surface area contributed by atoms with Gasteiger partial charge >= 0.3 is 0 Å². The molecule has 0 aromatic heterocycles. The van der Waals surface area contributed by atoms with Crippen molar-refractivity contribution in [1.82, 2.24) is 0 Å². The zero-order valence-corrected chi connectivity index (χ0v) is 7.66. The lowest BCUT2D eigenvalue weighted by Crippen LogP contribution is -2.30. The molecule has 0 saturated heterocycles. The van der Waals surface area contributed by atoms with E-state index < -0.39 is 0 Å². The van der Waals surface area contributed by atoms with E-state index in [0.717, 1.165) is 5.70 Å². The van der Waals surface area contributed by atoms with Crippen molar-refractivity contribution in [2.75, 3.05) is 0 Å². The first-order valence-corrected chi connectivity index (χ1v) is 4.26. The normalized spacial score (nSPS) is 22.1. The smallest absolute Gasteiger partial charge is 0.250 e. The topological polar surface area (TPSA) is 29.4 Å². The van der Waals surface area contributed by atoms with Gasteiger partial charge in [-0.15, -0.1) is 11.8 Å². The lowest BCUT2D eigenvalue weighted by atomic mass is 10.1. The predicted octanol–water partition coefficient (Wildman–Crippen LogP) is 1.92. The summed E-state index contributed by atoms with van der Waals surface area (Å²) in [6.07, 6.45) is 1.86. The van der Waals surface area contributed by atoms with Crippen molar-refractivity contribution >= 4 is 23.8 Å². The summed E-state index contributed by atoms with van der Waals surface area (Å²) in [5.41, 5.74) is 1.38. The van der Waals surface area contributed by atoms with Crippen LogP contribution in [0.2, 0.25) is 0 Å². The molecule has 0 atom stereocenters. The van der Waals surface area contributed by atoms with Gasteiger partial charge in [-0.05, 0) is 26.2 Å². The lowest BCUT2D eigenvalue weighted by Gasteiger charge is -2.23. The van der Waals surface area contributed by atoms with E-state index >= 15 is 0 Å². The first kappa shape index (κ1) is 8.53. The van der Waals surface area contributed by atoms with E-state index in [-0.39, 0.29) is 4.75 Å². The summed E-state index contributed by atoms with van der Waals surface area (Å²) in [7, 11) is 0. The zero-order valence-electron chi connectivity index (χ0n) is 6.84. The van der Waals surface area contributed by atoms with Crippen LogP contribution in [0.15, 0.2) is 16.1 Å². The standard InChI is InChI=1S/C8H10NOS/c1-6-5-11-8(2,3)7(4-10)9-6/h5H,1-3H3. The minimum Gasteiger partial charge on any atom is -0.283 e. The van der Waals surface area contributed by atoms with Crippen LogP contribution < -0.4 is 0 Å². The summed E-state index contributed by atoms with van der Waals surface area (Å²) in [5, 5.41) is 1.96. The molecule has 0 fully saturated rings. The molecule has 11 heavy (non-hydrogen) atoms. The fraction of sp³-hybridized carbons (Fsp3) is 0.500. The summed E-state index contributed by atoms with van der Waals surface area (Å²) in [6, 6.07) is 0. The third-order valence-electron chi connectivity index (χ3n) is 1.48. The van der Waals surface area contributed by atoms with Gasteiger partial charge in [-0.2, -0.15) is 0 Å². The minimum atomic E-state index is -0.207. The molecule has 1 rings (SSSR count). The number of hydrogen-bond acceptors (Lipinski definition) is 3. The van der Waals surface area contributed by atoms with Crippen LogP contribution in [0.1, 0.15) is 20.8 Å². The van der Waals surface area contributed by atoms with Crippen LogP contribution >= 0.6 is 11.8 Å². The van der Waals surface area contributed by atoms with E-state index in [4.69, 9.17) is 0 Å². The molecule has 1 heterocycles. The second kappa shape index (κ2) is 2.81. The molecule has 1 aliphatic rings. The molecule has 59 valence electrons. The van der Waals surface area contributed by atoms with Crippen LogP contribution in [0.25, 0.3) is 0 Å². The number of thioether (sulfide) groups is 1. The minimum absolute atomic E-state index is 0.207. The van der Waals surface area contributed by atoms with Gasteiger partial charge in [0.25, 0.3) is 0 Å². The number of aliphatic imine (C=N–C) groups is 1. The van der Waals surface area contributed by atoms with Crippen molar-refractivity contribution in [3.8, 4) is 0 Å². The van der Waals surface area contributed by atoms with Crippen LogP contribution in [-0.2, 0) is 4.79 Å². The maximum Gasteiger partial charge on any atom is 0.250 e. The molecule has 0 spiro atoms. The monoisotopic (exact) mass is 168 g/mol. The average Bonchev–Trinajstić information content (AvgIpc) is 1.94. The van der Waals surface area contributed by atoms with Crippen molar-refractivity contribution in [1.29, 1.82) is 0 Å². The molecule has 1 aliphatic heterocycles. The first-order valence-electron chi connectivity index (χ1n) is 3.38. The van der Waals surface area contributed by atoms with Crippen molar-refractivity contribution in [2.24, 2.45) is 4.99 Å². The van der Waals surface area contributed by atoms with Crippen LogP contribution in [0.4, 0.5) is 0 Å². The molecule has 0 amide bonds. The van der Waals surface area contributed by atoms with Crippen molar-refractivity contribution in [3.63, 3.8) is 0 Å². The lowest BCUT2D eigenvalue weighted by molar-refractivity contribution is 0.565. The van der Waals surface area contributed by atoms with E-state index in [2.05, 4.69) is 4.99 Å². The molecule has 0 aliphatic carbocycles. The molecule has 0 bridgehead atoms. The van der Waals surface area contributed by atoms with Crippen molar-refractivity contribution in [2.45, 2.75) is 25.5 Å². The fourth-order valence-electron chi connectivity index (χ4n) is 0.771. The second-order valence-electron chi connectivity index (χ2n) is 2.95. The summed E-state index contributed by atoms with van der Waals surface area (Å²) in [4.78, 5) is 14.5. The van der Waals surface area contributed by atoms with Crippen LogP contribution in [0.5, 0.6) is 0 Å². The highest BCUT2D eigenvalue weighted by atomic mass is 32.2. The van der Waals surface area contributed by atoms with Gasteiger partial charge in [-0.25, -0.2) is 0 Å². The molecule has 1 radical (unpaired) electrons. The quantitative estimate of drug-likeness (QED) is 0.598. The van der Waals surface area contributed by atoms with Crippen molar-refractivity contribution in [3.05, 3.63) is 11.1 Å². The Kier molecular flexibility index (Phi) is 2.18. The summed E-state index contributed by atoms with van der Waals surface area (Å²) < 4.78 is -0.207. The number of hydrogen-bond donors (Lipinski definition) is 0. The van der Waals surface area contributed by atoms with Gasteiger partial charge in [0.1, 0.15) is 5.71 Å². The Morgan fingerprint density at radius 3 is 2.73 bits per heavy atom. The largest absolute Gasteiger partial charge is 0.283 e. The molecule has 3 heteroatoms. The fourth-order valence-corrected chi connectivity index (χ4v) is 1.49. The summed E-state index contributed by atoms with van der Waals surface area (Å²) in [5.74, 6) is 0. The van der Waals surface area contributed by atoms with Gasteiger partial charge < -0.3 is 0 Å². The number of carbonyl (C=O) groups excluding carboxylic acids is 1. The Labute approximate surface area is 70.8 Å². The van der Waals surface area contributed by atoms with Crippen LogP contribution in [-0.4, -0.2) is 16.7 Å². The van der Waals surface area contributed by atoms with E-state index in [1.807, 2.05) is 32.5 Å². The van der Waals surface area contributed by atoms with Gasteiger partial charge in [-0.3, -0.25) is 9.79 Å². The molecular weight excluding hydrogens is 158 g/mol. The van der Waals surface area contributed by atoms with E-state index in [1.165, 1.54) is 0 Å². The van der Waals surface area contributed by atoms with Gasteiger partial charge in [0.05, 0.1) is 4.75 Å². The molecule has 0 N–H and O–H groups in total. The molecule has 0 unspecified atom stereocenters. The Hall–Kier alpha value is -0.570. The predicted molar refractivity (Wildman–Crippen MR) is 48.6 cm³/mol. The molecule has 2 nitrogen and oxygen atoms in total. The molecule has 0 aromatic carbocycles. The second-order valence-corrected chi connectivity index (χ2v) is 4.44. The Bertz CT molecular complexity index is 240. The third-order valence-corrected chi connectivity index (χ3v) is 2.72. The highest BCUT2D eigenvalue weighted by Gasteiger charge is 2.27. The van der Waals surface area contributed by atoms with Gasteiger partial charge in [-0.1, -0.05) is 0 Å². The van der Waals surface area contributed by atoms with Crippen LogP contribution in [0, 0.1) is 0 Å². The van der Waals surface area contributed by atoms with Gasteiger partial charge in [0.2, 0.25) is 6.29 Å². The Morgan fingerprint density at radius 1 is 1.64 bits per heavy atom. The molecular formula is C8H10NOS. The first-order chi connectivity index (χ1) is 5.06. The van der Waals surface area contributed by atoms with Crippen molar-refractivity contribution < 1.29 is 4.79 Å². The maximum atomic E-state index is 10.4. The summed E-state index contributed by atoms with van der Waals surface area (Å²) >= 11 is 1.61. The highest BCUT2D eigenvalue weighted by molar-refractivity contribution is 8.04. The molecule has 0 aromatic rings. The summed E-state index contributed by atoms with van der Waals surface area (Å²) in [6.45, 7) is 5.80. The number of allylic oxidation sites excluding steroid dienone is 1. The van der Waals surface area contributed by atoms with E-state index in [9.17, 15) is 4.79 Å². The zero-order chi connectivity index (χ0) is 8.48. The molecule has 0 saturated carbocycles. The SMILES string of the molecule is CC1=CSC(C)(C)C([C]=O)=N1. The maximum absolute atomic E-state index is 10.4. The third kappa shape index (κ3) is 1.71. The highest BCUT2D eigenvalue weighted by Crippen LogP contribution is 2.31. The van der Waals surface area contributed by atoms with Crippen LogP contribution in [0.3, 0.4) is 0 Å². The number of rotatable bonds is 1. The van der Waals surface area contributed by atoms with E-state index in [1.54, 1.807) is 11.8 Å². The average molecular weight is 168 g/mol. The Balaban J connectivity index is 2.98. The Morgan fingerprint density at radius 2 is 2.27 bits per heavy atom. The van der Waals surface area contributed by atoms with Gasteiger partial charge in [0, 0.05) is 5.70 Å². The van der Waals surface area contributed by atoms with Gasteiger partial charge in [0.15, 0.2) is 0 Å².